The zero-order valence-electron chi connectivity index (χ0n) is 15.6. The molecule has 0 amide bonds. The number of hydrogen-bond donors (Lipinski definition) is 1. The van der Waals surface area contributed by atoms with Crippen molar-refractivity contribution in [3.05, 3.63) is 64.2 Å². The Bertz CT molecular complexity index is 896. The highest BCUT2D eigenvalue weighted by molar-refractivity contribution is 7.89. The first-order valence-electron chi connectivity index (χ1n) is 9.01. The average molecular weight is 409 g/mol. The maximum absolute atomic E-state index is 12.9. The summed E-state index contributed by atoms with van der Waals surface area (Å²) in [5.41, 5.74) is 2.81. The smallest absolute Gasteiger partial charge is 0.240 e. The van der Waals surface area contributed by atoms with Crippen LogP contribution in [0.3, 0.4) is 0 Å². The summed E-state index contributed by atoms with van der Waals surface area (Å²) in [5.74, 6) is 0. The van der Waals surface area contributed by atoms with Crippen molar-refractivity contribution in [3.8, 4) is 0 Å². The summed E-state index contributed by atoms with van der Waals surface area (Å²) in [6, 6.07) is 13.1. The highest BCUT2D eigenvalue weighted by Gasteiger charge is 2.26. The van der Waals surface area contributed by atoms with Crippen LogP contribution in [-0.4, -0.2) is 46.2 Å². The van der Waals surface area contributed by atoms with Crippen LogP contribution in [0, 0.1) is 13.8 Å². The van der Waals surface area contributed by atoms with Crippen LogP contribution in [0.5, 0.6) is 0 Å². The molecule has 2 aromatic rings. The average Bonchev–Trinajstić information content (AvgIpc) is 2.65. The van der Waals surface area contributed by atoms with E-state index < -0.39 is 10.0 Å². The lowest BCUT2D eigenvalue weighted by atomic mass is 10.0. The minimum absolute atomic E-state index is 0.0527. The van der Waals surface area contributed by atoms with E-state index in [0.29, 0.717) is 23.8 Å². The number of rotatable bonds is 6. The van der Waals surface area contributed by atoms with Gasteiger partial charge in [-0.25, -0.2) is 13.1 Å². The van der Waals surface area contributed by atoms with Gasteiger partial charge >= 0.3 is 0 Å². The number of aryl methyl sites for hydroxylation is 1. The van der Waals surface area contributed by atoms with E-state index in [-0.39, 0.29) is 17.5 Å². The molecule has 3 rings (SSSR count). The molecule has 0 aliphatic carbocycles. The molecule has 1 atom stereocenters. The van der Waals surface area contributed by atoms with Crippen molar-refractivity contribution >= 4 is 21.6 Å². The van der Waals surface area contributed by atoms with Crippen molar-refractivity contribution in [2.75, 3.05) is 32.8 Å². The molecule has 1 N–H and O–H groups in total. The maximum Gasteiger partial charge on any atom is 0.240 e. The van der Waals surface area contributed by atoms with Crippen molar-refractivity contribution in [2.24, 2.45) is 0 Å². The molecule has 1 fully saturated rings. The second-order valence-corrected chi connectivity index (χ2v) is 8.94. The largest absolute Gasteiger partial charge is 0.379 e. The van der Waals surface area contributed by atoms with Crippen LogP contribution in [-0.2, 0) is 14.8 Å². The van der Waals surface area contributed by atoms with Gasteiger partial charge in [0, 0.05) is 30.7 Å². The molecule has 27 heavy (non-hydrogen) atoms. The quantitative estimate of drug-likeness (QED) is 0.796. The molecule has 0 saturated carbocycles. The summed E-state index contributed by atoms with van der Waals surface area (Å²) in [7, 11) is -3.66. The second kappa shape index (κ2) is 8.71. The Hall–Kier alpha value is -1.44. The number of benzene rings is 2. The van der Waals surface area contributed by atoms with Crippen molar-refractivity contribution in [3.63, 3.8) is 0 Å². The normalized spacial score (nSPS) is 17.0. The molecule has 5 nitrogen and oxygen atoms in total. The predicted octanol–water partition coefficient (Wildman–Crippen LogP) is 3.31. The monoisotopic (exact) mass is 408 g/mol. The van der Waals surface area contributed by atoms with Gasteiger partial charge in [-0.2, -0.15) is 0 Å². The van der Waals surface area contributed by atoms with Gasteiger partial charge in [0.2, 0.25) is 10.0 Å². The zero-order chi connectivity index (χ0) is 19.4. The van der Waals surface area contributed by atoms with Crippen LogP contribution in [0.4, 0.5) is 0 Å². The molecule has 2 aromatic carbocycles. The lowest BCUT2D eigenvalue weighted by Crippen LogP contribution is -2.43. The van der Waals surface area contributed by atoms with E-state index in [1.807, 2.05) is 25.1 Å². The Labute approximate surface area is 166 Å². The molecular formula is C20H25ClN2O3S. The molecule has 1 heterocycles. The van der Waals surface area contributed by atoms with Crippen molar-refractivity contribution in [1.29, 1.82) is 0 Å². The van der Waals surface area contributed by atoms with E-state index in [1.54, 1.807) is 25.1 Å². The van der Waals surface area contributed by atoms with E-state index in [9.17, 15) is 8.42 Å². The van der Waals surface area contributed by atoms with Crippen LogP contribution >= 0.6 is 11.6 Å². The Kier molecular flexibility index (Phi) is 6.55. The van der Waals surface area contributed by atoms with Gasteiger partial charge in [-0.15, -0.1) is 0 Å². The summed E-state index contributed by atoms with van der Waals surface area (Å²) >= 11 is 6.10. The number of hydrogen-bond acceptors (Lipinski definition) is 4. The third-order valence-corrected chi connectivity index (χ3v) is 6.87. The molecular weight excluding hydrogens is 384 g/mol. The molecule has 7 heteroatoms. The lowest BCUT2D eigenvalue weighted by Gasteiger charge is -2.35. The molecule has 0 radical (unpaired) electrons. The molecule has 1 aliphatic rings. The first kappa shape index (κ1) is 20.3. The predicted molar refractivity (Wildman–Crippen MR) is 108 cm³/mol. The number of nitrogens with zero attached hydrogens (tertiary/aromatic N) is 1. The number of morpholine rings is 1. The van der Waals surface area contributed by atoms with E-state index in [4.69, 9.17) is 16.3 Å². The van der Waals surface area contributed by atoms with Gasteiger partial charge < -0.3 is 4.74 Å². The molecule has 0 bridgehead atoms. The summed E-state index contributed by atoms with van der Waals surface area (Å²) < 4.78 is 34.0. The van der Waals surface area contributed by atoms with Crippen molar-refractivity contribution in [2.45, 2.75) is 24.8 Å². The fourth-order valence-electron chi connectivity index (χ4n) is 3.37. The van der Waals surface area contributed by atoms with Gasteiger partial charge in [0.05, 0.1) is 18.1 Å². The Morgan fingerprint density at radius 1 is 1.15 bits per heavy atom. The SMILES string of the molecule is Cc1cccc([C@@H](CNS(=O)(=O)c2cccc(Cl)c2C)N2CCOCC2)c1. The van der Waals surface area contributed by atoms with E-state index in [0.717, 1.165) is 24.2 Å². The number of ether oxygens (including phenoxy) is 1. The fraction of sp³-hybridized carbons (Fsp3) is 0.400. The zero-order valence-corrected chi connectivity index (χ0v) is 17.2. The second-order valence-electron chi connectivity index (χ2n) is 6.79. The van der Waals surface area contributed by atoms with Crippen molar-refractivity contribution in [1.82, 2.24) is 9.62 Å². The first-order valence-corrected chi connectivity index (χ1v) is 10.9. The van der Waals surface area contributed by atoms with E-state index in [1.165, 1.54) is 0 Å². The van der Waals surface area contributed by atoms with Crippen LogP contribution in [0.15, 0.2) is 47.4 Å². The first-order chi connectivity index (χ1) is 12.9. The summed E-state index contributed by atoms with van der Waals surface area (Å²) in [6.07, 6.45) is 0. The Morgan fingerprint density at radius 2 is 1.85 bits per heavy atom. The highest BCUT2D eigenvalue weighted by Crippen LogP contribution is 2.25. The topological polar surface area (TPSA) is 58.6 Å². The van der Waals surface area contributed by atoms with Gasteiger partial charge in [0.25, 0.3) is 0 Å². The Morgan fingerprint density at radius 3 is 2.56 bits per heavy atom. The summed E-state index contributed by atoms with van der Waals surface area (Å²) in [5, 5.41) is 0.446. The van der Waals surface area contributed by atoms with Gasteiger partial charge in [0.1, 0.15) is 0 Å². The highest BCUT2D eigenvalue weighted by atomic mass is 35.5. The maximum atomic E-state index is 12.9. The third kappa shape index (κ3) is 4.89. The van der Waals surface area contributed by atoms with E-state index in [2.05, 4.69) is 15.7 Å². The van der Waals surface area contributed by atoms with Gasteiger partial charge in [0.15, 0.2) is 0 Å². The van der Waals surface area contributed by atoms with Gasteiger partial charge in [-0.05, 0) is 37.1 Å². The van der Waals surface area contributed by atoms with Crippen LogP contribution in [0.1, 0.15) is 22.7 Å². The van der Waals surface area contributed by atoms with Gasteiger partial charge in [-0.3, -0.25) is 4.90 Å². The van der Waals surface area contributed by atoms with Crippen LogP contribution < -0.4 is 4.72 Å². The van der Waals surface area contributed by atoms with Crippen LogP contribution in [0.2, 0.25) is 5.02 Å². The number of halogens is 1. The molecule has 1 saturated heterocycles. The summed E-state index contributed by atoms with van der Waals surface area (Å²) in [6.45, 7) is 6.91. The third-order valence-electron chi connectivity index (χ3n) is 4.89. The molecule has 1 aliphatic heterocycles. The number of nitrogens with one attached hydrogen (secondary N) is 1. The minimum Gasteiger partial charge on any atom is -0.379 e. The minimum atomic E-state index is -3.66. The summed E-state index contributed by atoms with van der Waals surface area (Å²) in [4.78, 5) is 2.49. The van der Waals surface area contributed by atoms with Gasteiger partial charge in [-0.1, -0.05) is 47.5 Å². The van der Waals surface area contributed by atoms with E-state index >= 15 is 0 Å². The molecule has 146 valence electrons. The molecule has 0 unspecified atom stereocenters. The molecule has 0 aromatic heterocycles. The standard InChI is InChI=1S/C20H25ClN2O3S/c1-15-5-3-6-17(13-15)19(23-9-11-26-12-10-23)14-22-27(24,25)20-8-4-7-18(21)16(20)2/h3-8,13,19,22H,9-12,14H2,1-2H3/t19-/m1/s1. The van der Waals surface area contributed by atoms with Crippen molar-refractivity contribution < 1.29 is 13.2 Å². The molecule has 0 spiro atoms. The van der Waals surface area contributed by atoms with Crippen LogP contribution in [0.25, 0.3) is 0 Å². The fourth-order valence-corrected chi connectivity index (χ4v) is 4.90. The lowest BCUT2D eigenvalue weighted by molar-refractivity contribution is 0.0172. The Balaban J connectivity index is 1.84. The number of sulfonamides is 1.